The van der Waals surface area contributed by atoms with Gasteiger partial charge in [-0.05, 0) is 31.2 Å². The molecule has 0 spiro atoms. The molecule has 0 bridgehead atoms. The van der Waals surface area contributed by atoms with Gasteiger partial charge in [0.1, 0.15) is 12.1 Å². The van der Waals surface area contributed by atoms with E-state index >= 15 is 0 Å². The van der Waals surface area contributed by atoms with Crippen LogP contribution >= 0.6 is 0 Å². The van der Waals surface area contributed by atoms with E-state index in [-0.39, 0.29) is 5.56 Å². The maximum atomic E-state index is 12.6. The van der Waals surface area contributed by atoms with Crippen molar-refractivity contribution in [3.63, 3.8) is 0 Å². The fourth-order valence-electron chi connectivity index (χ4n) is 3.15. The summed E-state index contributed by atoms with van der Waals surface area (Å²) >= 11 is 0. The first-order chi connectivity index (χ1) is 14.4. The second kappa shape index (κ2) is 9.51. The molecule has 8 nitrogen and oxygen atoms in total. The third-order valence-electron chi connectivity index (χ3n) is 4.67. The van der Waals surface area contributed by atoms with E-state index in [1.54, 1.807) is 67.6 Å². The molecular formula is C22H23NO7. The lowest BCUT2D eigenvalue weighted by Gasteiger charge is -2.42. The molecule has 1 aliphatic rings. The fraction of sp³-hybridized carbons (Fsp3) is 0.318. The Hall–Kier alpha value is -3.23. The molecule has 1 heterocycles. The molecule has 0 saturated carbocycles. The van der Waals surface area contributed by atoms with Crippen LogP contribution in [0.4, 0.5) is 0 Å². The van der Waals surface area contributed by atoms with Crippen LogP contribution in [0.15, 0.2) is 60.7 Å². The van der Waals surface area contributed by atoms with Crippen LogP contribution in [-0.4, -0.2) is 53.6 Å². The Morgan fingerprint density at radius 2 is 1.40 bits per heavy atom. The molecule has 2 aromatic rings. The number of nitrogens with one attached hydrogen (secondary N) is 1. The zero-order chi connectivity index (χ0) is 21.7. The van der Waals surface area contributed by atoms with Gasteiger partial charge >= 0.3 is 11.9 Å². The summed E-state index contributed by atoms with van der Waals surface area (Å²) in [5.74, 6) is -1.82. The molecule has 0 aromatic heterocycles. The van der Waals surface area contributed by atoms with Crippen LogP contribution in [0.2, 0.25) is 0 Å². The molecule has 1 fully saturated rings. The normalized spacial score (nSPS) is 25.8. The lowest BCUT2D eigenvalue weighted by Crippen LogP contribution is -2.64. The van der Waals surface area contributed by atoms with Gasteiger partial charge < -0.3 is 24.6 Å². The van der Waals surface area contributed by atoms with Gasteiger partial charge in [0.2, 0.25) is 12.2 Å². The van der Waals surface area contributed by atoms with E-state index in [2.05, 4.69) is 5.32 Å². The van der Waals surface area contributed by atoms with Gasteiger partial charge in [-0.3, -0.25) is 4.79 Å². The van der Waals surface area contributed by atoms with Crippen molar-refractivity contribution >= 4 is 17.8 Å². The molecule has 1 aliphatic heterocycles. The van der Waals surface area contributed by atoms with Gasteiger partial charge in [-0.25, -0.2) is 9.59 Å². The summed E-state index contributed by atoms with van der Waals surface area (Å²) in [6, 6.07) is 15.4. The SMILES string of the molecule is CC(=O)N[C@@H]1C(OC(=O)c2ccccc2)O[C@@H](C)[C@@H](O)[C@H]1OC(=O)c1ccccc1. The summed E-state index contributed by atoms with van der Waals surface area (Å²) < 4.78 is 16.6. The second-order valence-electron chi connectivity index (χ2n) is 6.93. The van der Waals surface area contributed by atoms with E-state index in [1.807, 2.05) is 0 Å². The predicted octanol–water partition coefficient (Wildman–Crippen LogP) is 1.68. The summed E-state index contributed by atoms with van der Waals surface area (Å²) in [6.07, 6.45) is -4.54. The summed E-state index contributed by atoms with van der Waals surface area (Å²) in [6.45, 7) is 2.82. The van der Waals surface area contributed by atoms with Crippen LogP contribution in [0.25, 0.3) is 0 Å². The minimum atomic E-state index is -1.27. The lowest BCUT2D eigenvalue weighted by molar-refractivity contribution is -0.241. The van der Waals surface area contributed by atoms with E-state index in [1.165, 1.54) is 6.92 Å². The number of amides is 1. The molecule has 158 valence electrons. The summed E-state index contributed by atoms with van der Waals surface area (Å²) in [5, 5.41) is 13.2. The van der Waals surface area contributed by atoms with Crippen LogP contribution in [-0.2, 0) is 19.0 Å². The van der Waals surface area contributed by atoms with Gasteiger partial charge in [0.15, 0.2) is 6.10 Å². The smallest absolute Gasteiger partial charge is 0.340 e. The number of ether oxygens (including phenoxy) is 3. The molecule has 1 amide bonds. The Kier molecular flexibility index (Phi) is 6.81. The van der Waals surface area contributed by atoms with Gasteiger partial charge in [0, 0.05) is 6.92 Å². The number of aliphatic hydroxyl groups excluding tert-OH is 1. The number of aliphatic hydroxyl groups is 1. The molecule has 1 unspecified atom stereocenters. The number of carbonyl (C=O) groups excluding carboxylic acids is 3. The Bertz CT molecular complexity index is 887. The molecule has 0 radical (unpaired) electrons. The van der Waals surface area contributed by atoms with Gasteiger partial charge in [-0.2, -0.15) is 0 Å². The van der Waals surface area contributed by atoms with Gasteiger partial charge in [0.25, 0.3) is 0 Å². The van der Waals surface area contributed by atoms with Crippen LogP contribution < -0.4 is 5.32 Å². The van der Waals surface area contributed by atoms with E-state index in [9.17, 15) is 19.5 Å². The minimum absolute atomic E-state index is 0.281. The molecule has 2 N–H and O–H groups in total. The zero-order valence-electron chi connectivity index (χ0n) is 16.6. The van der Waals surface area contributed by atoms with Crippen LogP contribution in [0.3, 0.4) is 0 Å². The summed E-state index contributed by atoms with van der Waals surface area (Å²) in [7, 11) is 0. The number of esters is 2. The summed E-state index contributed by atoms with van der Waals surface area (Å²) in [5.41, 5.74) is 0.572. The van der Waals surface area contributed by atoms with Crippen LogP contribution in [0.1, 0.15) is 34.6 Å². The van der Waals surface area contributed by atoms with Gasteiger partial charge in [-0.15, -0.1) is 0 Å². The van der Waals surface area contributed by atoms with E-state index in [4.69, 9.17) is 14.2 Å². The molecule has 1 saturated heterocycles. The molecule has 30 heavy (non-hydrogen) atoms. The van der Waals surface area contributed by atoms with Crippen LogP contribution in [0, 0.1) is 0 Å². The minimum Gasteiger partial charge on any atom is -0.453 e. The van der Waals surface area contributed by atoms with Crippen LogP contribution in [0.5, 0.6) is 0 Å². The standard InChI is InChI=1S/C22H23NO7/c1-13-18(25)19(29-20(26)15-9-5-3-6-10-15)17(23-14(2)24)22(28-13)30-21(27)16-11-7-4-8-12-16/h3-13,17-19,22,25H,1-2H3,(H,23,24)/t13-,17-,18+,19-,22?/m0/s1. The first-order valence-corrected chi connectivity index (χ1v) is 9.49. The van der Waals surface area contributed by atoms with Crippen molar-refractivity contribution in [3.8, 4) is 0 Å². The Labute approximate surface area is 173 Å². The predicted molar refractivity (Wildman–Crippen MR) is 105 cm³/mol. The van der Waals surface area contributed by atoms with Gasteiger partial charge in [0.05, 0.1) is 17.2 Å². The number of carbonyl (C=O) groups is 3. The Morgan fingerprint density at radius 1 is 0.900 bits per heavy atom. The van der Waals surface area contributed by atoms with E-state index < -0.39 is 48.5 Å². The number of benzene rings is 2. The van der Waals surface area contributed by atoms with Crippen molar-refractivity contribution in [1.82, 2.24) is 5.32 Å². The molecule has 8 heteroatoms. The maximum absolute atomic E-state index is 12.6. The largest absolute Gasteiger partial charge is 0.453 e. The highest BCUT2D eigenvalue weighted by molar-refractivity contribution is 5.90. The first-order valence-electron chi connectivity index (χ1n) is 9.49. The third-order valence-corrected chi connectivity index (χ3v) is 4.67. The molecule has 2 aromatic carbocycles. The van der Waals surface area contributed by atoms with Crippen molar-refractivity contribution in [2.75, 3.05) is 0 Å². The average molecular weight is 413 g/mol. The molecular weight excluding hydrogens is 390 g/mol. The van der Waals surface area contributed by atoms with E-state index in [0.29, 0.717) is 5.56 Å². The lowest BCUT2D eigenvalue weighted by atomic mass is 9.97. The topological polar surface area (TPSA) is 111 Å². The monoisotopic (exact) mass is 413 g/mol. The number of rotatable bonds is 5. The Balaban J connectivity index is 1.84. The fourth-order valence-corrected chi connectivity index (χ4v) is 3.15. The molecule has 3 rings (SSSR count). The van der Waals surface area contributed by atoms with Crippen molar-refractivity contribution in [2.45, 2.75) is 44.5 Å². The maximum Gasteiger partial charge on any atom is 0.340 e. The average Bonchev–Trinajstić information content (AvgIpc) is 2.75. The second-order valence-corrected chi connectivity index (χ2v) is 6.93. The Morgan fingerprint density at radius 3 is 1.90 bits per heavy atom. The van der Waals surface area contributed by atoms with Crippen molar-refractivity contribution in [2.24, 2.45) is 0 Å². The number of hydrogen-bond donors (Lipinski definition) is 2. The third kappa shape index (κ3) is 5.03. The van der Waals surface area contributed by atoms with Gasteiger partial charge in [-0.1, -0.05) is 36.4 Å². The number of hydrogen-bond acceptors (Lipinski definition) is 7. The zero-order valence-corrected chi connectivity index (χ0v) is 16.6. The first kappa shape index (κ1) is 21.5. The highest BCUT2D eigenvalue weighted by Crippen LogP contribution is 2.26. The summed E-state index contributed by atoms with van der Waals surface area (Å²) in [4.78, 5) is 36.8. The quantitative estimate of drug-likeness (QED) is 0.718. The van der Waals surface area contributed by atoms with Crippen molar-refractivity contribution in [1.29, 1.82) is 0 Å². The highest BCUT2D eigenvalue weighted by atomic mass is 16.7. The van der Waals surface area contributed by atoms with Crippen molar-refractivity contribution in [3.05, 3.63) is 71.8 Å². The van der Waals surface area contributed by atoms with E-state index in [0.717, 1.165) is 0 Å². The highest BCUT2D eigenvalue weighted by Gasteiger charge is 2.48. The molecule has 0 aliphatic carbocycles. The molecule has 5 atom stereocenters. The van der Waals surface area contributed by atoms with Crippen molar-refractivity contribution < 1.29 is 33.7 Å².